The van der Waals surface area contributed by atoms with Gasteiger partial charge in [-0.3, -0.25) is 9.47 Å². The topological polar surface area (TPSA) is 59.3 Å². The number of halogens is 7. The Bertz CT molecular complexity index is 1470. The van der Waals surface area contributed by atoms with Crippen LogP contribution in [0.15, 0.2) is 36.4 Å². The second kappa shape index (κ2) is 8.56. The van der Waals surface area contributed by atoms with E-state index in [0.717, 1.165) is 18.9 Å². The molecule has 2 aromatic heterocycles. The summed E-state index contributed by atoms with van der Waals surface area (Å²) in [5.41, 5.74) is -1.76. The molecule has 2 saturated heterocycles. The third kappa shape index (κ3) is 3.92. The van der Waals surface area contributed by atoms with Gasteiger partial charge in [-0.2, -0.15) is 26.3 Å². The van der Waals surface area contributed by atoms with Crippen LogP contribution in [-0.4, -0.2) is 62.7 Å². The molecular weight excluding hydrogens is 562 g/mol. The highest BCUT2D eigenvalue weighted by Crippen LogP contribution is 2.57. The molecule has 14 heteroatoms. The molecule has 7 rings (SSSR count). The summed E-state index contributed by atoms with van der Waals surface area (Å²) in [6.07, 6.45) is -7.51. The lowest BCUT2D eigenvalue weighted by Gasteiger charge is -2.59. The maximum atomic E-state index is 14.2. The van der Waals surface area contributed by atoms with Gasteiger partial charge in [-0.1, -0.05) is 17.7 Å². The van der Waals surface area contributed by atoms with Crippen LogP contribution in [0.4, 0.5) is 32.2 Å². The third-order valence-corrected chi connectivity index (χ3v) is 8.91. The average Bonchev–Trinajstić information content (AvgIpc) is 3.11. The summed E-state index contributed by atoms with van der Waals surface area (Å²) >= 11 is 6.26. The molecule has 1 saturated carbocycles. The number of fused-ring (bicyclic) bond motifs is 3. The van der Waals surface area contributed by atoms with Crippen molar-refractivity contribution in [2.45, 2.75) is 49.7 Å². The fourth-order valence-electron chi connectivity index (χ4n) is 6.52. The quantitative estimate of drug-likeness (QED) is 0.386. The molecule has 40 heavy (non-hydrogen) atoms. The van der Waals surface area contributed by atoms with Crippen LogP contribution in [0.2, 0.25) is 5.02 Å². The summed E-state index contributed by atoms with van der Waals surface area (Å²) < 4.78 is 88.8. The third-order valence-electron chi connectivity index (χ3n) is 8.67. The van der Waals surface area contributed by atoms with E-state index in [2.05, 4.69) is 15.2 Å². The first kappa shape index (κ1) is 26.0. The first-order valence-electron chi connectivity index (χ1n) is 12.8. The van der Waals surface area contributed by atoms with E-state index in [1.165, 1.54) is 11.0 Å². The summed E-state index contributed by atoms with van der Waals surface area (Å²) in [5.74, 6) is 1.39. The minimum Gasteiger partial charge on any atom is -0.377 e. The van der Waals surface area contributed by atoms with Crippen LogP contribution < -0.4 is 4.90 Å². The SMILES string of the molecule is FC(F)(F)c1cccc(N2CC3(CC(c4nnc5n4-c4ccc(Cl)cc4CN(C4(C(F)(F)F)COC4)C5)C3)C2)n1. The first-order chi connectivity index (χ1) is 18.9. The molecule has 1 aliphatic carbocycles. The van der Waals surface area contributed by atoms with Gasteiger partial charge in [0.1, 0.15) is 17.3 Å². The summed E-state index contributed by atoms with van der Waals surface area (Å²) in [6, 6.07) is 9.05. The summed E-state index contributed by atoms with van der Waals surface area (Å²) in [6.45, 7) is 0.218. The number of rotatable bonds is 3. The lowest BCUT2D eigenvalue weighted by molar-refractivity contribution is -0.310. The highest BCUT2D eigenvalue weighted by molar-refractivity contribution is 6.30. The van der Waals surface area contributed by atoms with Crippen molar-refractivity contribution in [2.24, 2.45) is 5.41 Å². The summed E-state index contributed by atoms with van der Waals surface area (Å²) in [5, 5.41) is 9.19. The molecule has 0 atom stereocenters. The minimum atomic E-state index is -4.51. The standard InChI is InChI=1S/C26H23ClF6N6O/c27-17-4-5-18-15(6-17)9-38(24(13-40-14-24)26(31,32)33)10-21-35-36-22(39(18)21)16-7-23(8-16)11-37(12-23)20-3-1-2-19(34-20)25(28,29)30/h1-6,16H,7-14H2. The average molecular weight is 585 g/mol. The van der Waals surface area contributed by atoms with Gasteiger partial charge >= 0.3 is 12.4 Å². The monoisotopic (exact) mass is 584 g/mol. The molecule has 0 amide bonds. The molecule has 212 valence electrons. The number of hydrogen-bond acceptors (Lipinski definition) is 6. The molecule has 0 bridgehead atoms. The Kier molecular flexibility index (Phi) is 5.57. The van der Waals surface area contributed by atoms with E-state index < -0.39 is 36.8 Å². The molecule has 0 N–H and O–H groups in total. The predicted octanol–water partition coefficient (Wildman–Crippen LogP) is 5.37. The fraction of sp³-hybridized carbons (Fsp3) is 0.500. The van der Waals surface area contributed by atoms with Crippen molar-refractivity contribution in [3.8, 4) is 5.69 Å². The van der Waals surface area contributed by atoms with E-state index in [4.69, 9.17) is 16.3 Å². The largest absolute Gasteiger partial charge is 0.433 e. The van der Waals surface area contributed by atoms with Crippen molar-refractivity contribution in [1.29, 1.82) is 0 Å². The maximum absolute atomic E-state index is 14.2. The van der Waals surface area contributed by atoms with Crippen LogP contribution in [0, 0.1) is 5.41 Å². The smallest absolute Gasteiger partial charge is 0.377 e. The normalized spacial score (nSPS) is 22.1. The van der Waals surface area contributed by atoms with Gasteiger partial charge in [-0.05, 0) is 48.7 Å². The Hall–Kier alpha value is -2.90. The molecule has 1 aromatic carbocycles. The first-order valence-corrected chi connectivity index (χ1v) is 13.2. The Labute approximate surface area is 229 Å². The van der Waals surface area contributed by atoms with Crippen LogP contribution in [0.5, 0.6) is 0 Å². The van der Waals surface area contributed by atoms with Crippen molar-refractivity contribution in [3.05, 3.63) is 64.3 Å². The fourth-order valence-corrected chi connectivity index (χ4v) is 6.72. The number of anilines is 1. The van der Waals surface area contributed by atoms with E-state index >= 15 is 0 Å². The molecular formula is C26H23ClF6N6O. The lowest BCUT2D eigenvalue weighted by Crippen LogP contribution is -2.69. The van der Waals surface area contributed by atoms with Gasteiger partial charge in [0.15, 0.2) is 11.4 Å². The molecule has 3 aliphatic heterocycles. The zero-order valence-corrected chi connectivity index (χ0v) is 21.7. The van der Waals surface area contributed by atoms with E-state index in [0.29, 0.717) is 46.8 Å². The maximum Gasteiger partial charge on any atom is 0.433 e. The van der Waals surface area contributed by atoms with E-state index in [1.807, 2.05) is 9.47 Å². The van der Waals surface area contributed by atoms with E-state index in [9.17, 15) is 26.3 Å². The van der Waals surface area contributed by atoms with Crippen LogP contribution in [0.1, 0.15) is 41.7 Å². The molecule has 1 spiro atoms. The molecule has 3 fully saturated rings. The highest BCUT2D eigenvalue weighted by atomic mass is 35.5. The van der Waals surface area contributed by atoms with E-state index in [1.54, 1.807) is 24.3 Å². The number of benzene rings is 1. The van der Waals surface area contributed by atoms with Crippen molar-refractivity contribution in [3.63, 3.8) is 0 Å². The number of aromatic nitrogens is 4. The summed E-state index contributed by atoms with van der Waals surface area (Å²) in [4.78, 5) is 6.98. The molecule has 4 aliphatic rings. The number of hydrogen-bond donors (Lipinski definition) is 0. The van der Waals surface area contributed by atoms with Gasteiger partial charge in [-0.25, -0.2) is 4.98 Å². The van der Waals surface area contributed by atoms with Gasteiger partial charge < -0.3 is 9.64 Å². The Morgan fingerprint density at radius 2 is 1.70 bits per heavy atom. The van der Waals surface area contributed by atoms with Crippen molar-refractivity contribution >= 4 is 17.4 Å². The number of alkyl halides is 6. The van der Waals surface area contributed by atoms with Gasteiger partial charge in [0.2, 0.25) is 0 Å². The zero-order chi connectivity index (χ0) is 28.1. The molecule has 0 radical (unpaired) electrons. The van der Waals surface area contributed by atoms with Crippen LogP contribution in [-0.2, 0) is 24.0 Å². The van der Waals surface area contributed by atoms with Gasteiger partial charge in [-0.15, -0.1) is 10.2 Å². The van der Waals surface area contributed by atoms with Crippen LogP contribution in [0.3, 0.4) is 0 Å². The zero-order valence-electron chi connectivity index (χ0n) is 20.9. The van der Waals surface area contributed by atoms with Crippen LogP contribution >= 0.6 is 11.6 Å². The second-order valence-electron chi connectivity index (χ2n) is 11.3. The number of nitrogens with zero attached hydrogens (tertiary/aromatic N) is 6. The molecule has 0 unspecified atom stereocenters. The molecule has 3 aromatic rings. The van der Waals surface area contributed by atoms with Gasteiger partial charge in [0.05, 0.1) is 25.4 Å². The second-order valence-corrected chi connectivity index (χ2v) is 11.7. The summed E-state index contributed by atoms with van der Waals surface area (Å²) in [7, 11) is 0. The lowest BCUT2D eigenvalue weighted by atomic mass is 9.57. The highest BCUT2D eigenvalue weighted by Gasteiger charge is 2.64. The number of pyridine rings is 1. The van der Waals surface area contributed by atoms with Crippen molar-refractivity contribution in [1.82, 2.24) is 24.6 Å². The van der Waals surface area contributed by atoms with Crippen LogP contribution in [0.25, 0.3) is 5.69 Å². The van der Waals surface area contributed by atoms with Crippen molar-refractivity contribution in [2.75, 3.05) is 31.2 Å². The van der Waals surface area contributed by atoms with Crippen molar-refractivity contribution < 1.29 is 31.1 Å². The molecule has 5 heterocycles. The Balaban J connectivity index is 1.14. The van der Waals surface area contributed by atoms with Gasteiger partial charge in [0.25, 0.3) is 0 Å². The minimum absolute atomic E-state index is 0.0107. The predicted molar refractivity (Wildman–Crippen MR) is 131 cm³/mol. The Morgan fingerprint density at radius 3 is 2.35 bits per heavy atom. The molecule has 7 nitrogen and oxygen atoms in total. The number of ether oxygens (including phenoxy) is 1. The Morgan fingerprint density at radius 1 is 0.950 bits per heavy atom. The van der Waals surface area contributed by atoms with E-state index in [-0.39, 0.29) is 24.4 Å². The van der Waals surface area contributed by atoms with Gasteiger partial charge in [0, 0.05) is 36.0 Å².